The summed E-state index contributed by atoms with van der Waals surface area (Å²) in [4.78, 5) is 30.0. The molecule has 1 atom stereocenters. The highest BCUT2D eigenvalue weighted by Gasteiger charge is 2.56. The van der Waals surface area contributed by atoms with Gasteiger partial charge in [-0.25, -0.2) is 4.79 Å². The zero-order valence-electron chi connectivity index (χ0n) is 12.6. The molecule has 0 aromatic carbocycles. The number of aromatic nitrogens is 4. The molecule has 1 unspecified atom stereocenters. The van der Waals surface area contributed by atoms with Gasteiger partial charge in [0.05, 0.1) is 0 Å². The molecular weight excluding hydrogens is 300 g/mol. The van der Waals surface area contributed by atoms with Gasteiger partial charge < -0.3 is 9.84 Å². The van der Waals surface area contributed by atoms with E-state index < -0.39 is 11.6 Å². The SMILES string of the molecule is CC1(C2CC2)NC(=O)N(Cc2nc(Cn3cccn3)no2)C1=O. The highest BCUT2D eigenvalue weighted by Crippen LogP contribution is 2.42. The molecule has 9 nitrogen and oxygen atoms in total. The van der Waals surface area contributed by atoms with E-state index in [4.69, 9.17) is 4.52 Å². The van der Waals surface area contributed by atoms with Crippen molar-refractivity contribution in [2.45, 2.75) is 38.4 Å². The lowest BCUT2D eigenvalue weighted by atomic mass is 9.96. The maximum Gasteiger partial charge on any atom is 0.325 e. The monoisotopic (exact) mass is 316 g/mol. The summed E-state index contributed by atoms with van der Waals surface area (Å²) in [6.45, 7) is 2.14. The third-order valence-corrected chi connectivity index (χ3v) is 4.36. The number of nitrogens with zero attached hydrogens (tertiary/aromatic N) is 5. The summed E-state index contributed by atoms with van der Waals surface area (Å²) in [6, 6.07) is 1.39. The Hall–Kier alpha value is -2.71. The van der Waals surface area contributed by atoms with Gasteiger partial charge in [0.15, 0.2) is 5.82 Å². The van der Waals surface area contributed by atoms with Gasteiger partial charge in [-0.05, 0) is 31.7 Å². The third-order valence-electron chi connectivity index (χ3n) is 4.36. The standard InChI is InChI=1S/C14H16N6O3/c1-14(9-3-4-9)12(21)20(13(22)17-14)8-11-16-10(18-23-11)7-19-6-2-5-15-19/h2,5-6,9H,3-4,7-8H2,1H3,(H,17,22). The van der Waals surface area contributed by atoms with Crippen molar-refractivity contribution in [1.29, 1.82) is 0 Å². The molecule has 120 valence electrons. The van der Waals surface area contributed by atoms with Gasteiger partial charge in [0.1, 0.15) is 18.6 Å². The summed E-state index contributed by atoms with van der Waals surface area (Å²) in [7, 11) is 0. The van der Waals surface area contributed by atoms with E-state index >= 15 is 0 Å². The van der Waals surface area contributed by atoms with Crippen molar-refractivity contribution in [3.8, 4) is 0 Å². The Labute approximate surface area is 131 Å². The summed E-state index contributed by atoms with van der Waals surface area (Å²) in [6.07, 6.45) is 5.37. The van der Waals surface area contributed by atoms with Crippen LogP contribution in [0.2, 0.25) is 0 Å². The van der Waals surface area contributed by atoms with E-state index in [-0.39, 0.29) is 24.3 Å². The Morgan fingerprint density at radius 2 is 2.22 bits per heavy atom. The van der Waals surface area contributed by atoms with Crippen LogP contribution in [0.25, 0.3) is 0 Å². The van der Waals surface area contributed by atoms with Gasteiger partial charge in [-0.2, -0.15) is 10.1 Å². The second-order valence-electron chi connectivity index (χ2n) is 6.11. The van der Waals surface area contributed by atoms with E-state index in [1.807, 2.05) is 0 Å². The van der Waals surface area contributed by atoms with Gasteiger partial charge in [0.25, 0.3) is 5.91 Å². The lowest BCUT2D eigenvalue weighted by molar-refractivity contribution is -0.132. The summed E-state index contributed by atoms with van der Waals surface area (Å²) in [5, 5.41) is 10.7. The molecular formula is C14H16N6O3. The Kier molecular flexibility index (Phi) is 2.97. The van der Waals surface area contributed by atoms with E-state index in [2.05, 4.69) is 20.6 Å². The predicted molar refractivity (Wildman–Crippen MR) is 75.8 cm³/mol. The molecule has 1 saturated carbocycles. The van der Waals surface area contributed by atoms with Crippen LogP contribution in [0, 0.1) is 5.92 Å². The average molecular weight is 316 g/mol. The Morgan fingerprint density at radius 1 is 1.39 bits per heavy atom. The first-order valence-corrected chi connectivity index (χ1v) is 7.49. The van der Waals surface area contributed by atoms with Gasteiger partial charge in [0.2, 0.25) is 5.89 Å². The maximum absolute atomic E-state index is 12.5. The quantitative estimate of drug-likeness (QED) is 0.807. The summed E-state index contributed by atoms with van der Waals surface area (Å²) in [5.41, 5.74) is -0.797. The Bertz CT molecular complexity index is 750. The van der Waals surface area contributed by atoms with Crippen LogP contribution in [0.3, 0.4) is 0 Å². The van der Waals surface area contributed by atoms with Crippen molar-refractivity contribution in [3.63, 3.8) is 0 Å². The van der Waals surface area contributed by atoms with Gasteiger partial charge in [-0.15, -0.1) is 0 Å². The molecule has 1 saturated heterocycles. The van der Waals surface area contributed by atoms with E-state index in [0.29, 0.717) is 12.4 Å². The van der Waals surface area contributed by atoms with Gasteiger partial charge in [-0.1, -0.05) is 5.16 Å². The van der Waals surface area contributed by atoms with Crippen LogP contribution in [0.15, 0.2) is 23.0 Å². The number of rotatable bonds is 5. The molecule has 1 aliphatic carbocycles. The van der Waals surface area contributed by atoms with Crippen molar-refractivity contribution in [1.82, 2.24) is 30.1 Å². The Balaban J connectivity index is 1.47. The highest BCUT2D eigenvalue weighted by molar-refractivity contribution is 6.07. The predicted octanol–water partition coefficient (Wildman–Crippen LogP) is 0.535. The van der Waals surface area contributed by atoms with Crippen LogP contribution in [-0.4, -0.2) is 42.3 Å². The molecule has 2 fully saturated rings. The molecule has 0 spiro atoms. The number of hydrogen-bond acceptors (Lipinski definition) is 6. The van der Waals surface area contributed by atoms with Crippen LogP contribution in [-0.2, 0) is 17.9 Å². The molecule has 23 heavy (non-hydrogen) atoms. The van der Waals surface area contributed by atoms with E-state index in [9.17, 15) is 9.59 Å². The minimum absolute atomic E-state index is 0.0148. The normalized spacial score (nSPS) is 24.3. The largest absolute Gasteiger partial charge is 0.337 e. The lowest BCUT2D eigenvalue weighted by Gasteiger charge is -2.20. The molecule has 0 bridgehead atoms. The number of urea groups is 1. The molecule has 1 aliphatic heterocycles. The summed E-state index contributed by atoms with van der Waals surface area (Å²) in [5.74, 6) is 0.676. The molecule has 9 heteroatoms. The van der Waals surface area contributed by atoms with Crippen molar-refractivity contribution in [3.05, 3.63) is 30.2 Å². The van der Waals surface area contributed by atoms with E-state index in [1.54, 1.807) is 30.1 Å². The number of carbonyl (C=O) groups is 2. The Morgan fingerprint density at radius 3 is 2.91 bits per heavy atom. The topological polar surface area (TPSA) is 106 Å². The van der Waals surface area contributed by atoms with Crippen LogP contribution in [0.4, 0.5) is 4.79 Å². The number of hydrogen-bond donors (Lipinski definition) is 1. The van der Waals surface area contributed by atoms with E-state index in [1.165, 1.54) is 0 Å². The maximum atomic E-state index is 12.5. The lowest BCUT2D eigenvalue weighted by Crippen LogP contribution is -2.46. The highest BCUT2D eigenvalue weighted by atomic mass is 16.5. The fourth-order valence-corrected chi connectivity index (χ4v) is 2.89. The first-order valence-electron chi connectivity index (χ1n) is 7.49. The number of carbonyl (C=O) groups excluding carboxylic acids is 2. The number of amides is 3. The molecule has 1 N–H and O–H groups in total. The molecule has 4 rings (SSSR count). The van der Waals surface area contributed by atoms with Crippen molar-refractivity contribution >= 4 is 11.9 Å². The van der Waals surface area contributed by atoms with Gasteiger partial charge in [0, 0.05) is 12.4 Å². The zero-order valence-corrected chi connectivity index (χ0v) is 12.6. The van der Waals surface area contributed by atoms with Crippen molar-refractivity contribution in [2.24, 2.45) is 5.92 Å². The van der Waals surface area contributed by atoms with Crippen molar-refractivity contribution in [2.75, 3.05) is 0 Å². The fourth-order valence-electron chi connectivity index (χ4n) is 2.89. The van der Waals surface area contributed by atoms with Gasteiger partial charge >= 0.3 is 6.03 Å². The summed E-state index contributed by atoms with van der Waals surface area (Å²) >= 11 is 0. The van der Waals surface area contributed by atoms with Crippen LogP contribution in [0.5, 0.6) is 0 Å². The zero-order chi connectivity index (χ0) is 16.0. The smallest absolute Gasteiger partial charge is 0.325 e. The fraction of sp³-hybridized carbons (Fsp3) is 0.500. The minimum Gasteiger partial charge on any atom is -0.337 e. The molecule has 2 aliphatic rings. The molecule has 3 heterocycles. The summed E-state index contributed by atoms with van der Waals surface area (Å²) < 4.78 is 6.80. The molecule has 2 aromatic heterocycles. The minimum atomic E-state index is -0.797. The number of nitrogens with one attached hydrogen (secondary N) is 1. The third kappa shape index (κ3) is 2.37. The molecule has 3 amide bonds. The number of imide groups is 1. The molecule has 0 radical (unpaired) electrons. The first kappa shape index (κ1) is 13.9. The second-order valence-corrected chi connectivity index (χ2v) is 6.11. The first-order chi connectivity index (χ1) is 11.1. The van der Waals surface area contributed by atoms with Crippen molar-refractivity contribution < 1.29 is 14.1 Å². The molecule has 2 aromatic rings. The second kappa shape index (κ2) is 4.90. The van der Waals surface area contributed by atoms with Crippen LogP contribution < -0.4 is 5.32 Å². The van der Waals surface area contributed by atoms with Gasteiger partial charge in [-0.3, -0.25) is 14.4 Å². The van der Waals surface area contributed by atoms with Crippen LogP contribution in [0.1, 0.15) is 31.5 Å². The van der Waals surface area contributed by atoms with E-state index in [0.717, 1.165) is 17.7 Å². The van der Waals surface area contributed by atoms with Crippen LogP contribution >= 0.6 is 0 Å². The average Bonchev–Trinajstić information content (AvgIpc) is 3.03.